The van der Waals surface area contributed by atoms with Gasteiger partial charge in [-0.15, -0.1) is 11.8 Å². The first-order valence-electron chi connectivity index (χ1n) is 15.5. The Labute approximate surface area is 248 Å². The second kappa shape index (κ2) is 10.8. The normalized spacial score (nSPS) is 32.0. The molecule has 1 aromatic carbocycles. The van der Waals surface area contributed by atoms with Crippen LogP contribution in [0.3, 0.4) is 0 Å². The number of piperidine rings is 2. The molecule has 224 valence electrons. The van der Waals surface area contributed by atoms with Gasteiger partial charge in [0.1, 0.15) is 5.50 Å². The van der Waals surface area contributed by atoms with Crippen molar-refractivity contribution in [1.29, 1.82) is 0 Å². The number of nitrogens with one attached hydrogen (secondary N) is 1. The lowest BCUT2D eigenvalue weighted by Crippen LogP contribution is -2.56. The lowest BCUT2D eigenvalue weighted by molar-refractivity contribution is -0.175. The van der Waals surface area contributed by atoms with Gasteiger partial charge < -0.3 is 14.5 Å². The molecule has 1 saturated carbocycles. The SMILES string of the molecule is Cc1ccc(CSC2NCCN2C(=O)N2CCC(C3CCN(C(=O)C45CCC(C)(C(=O)O4)C5(C)C)CC3)CC2)cc1. The fourth-order valence-electron chi connectivity index (χ4n) is 8.03. The fraction of sp³-hybridized carbons (Fsp3) is 0.719. The summed E-state index contributed by atoms with van der Waals surface area (Å²) in [6.45, 7) is 12.8. The number of hydrogen-bond donors (Lipinski definition) is 1. The number of likely N-dealkylation sites (tertiary alicyclic amines) is 2. The Morgan fingerprint density at radius 3 is 2.10 bits per heavy atom. The first-order valence-corrected chi connectivity index (χ1v) is 16.6. The van der Waals surface area contributed by atoms with Crippen molar-refractivity contribution in [3.8, 4) is 0 Å². The molecule has 0 radical (unpaired) electrons. The molecule has 5 aliphatic rings. The van der Waals surface area contributed by atoms with Gasteiger partial charge in [0.15, 0.2) is 5.60 Å². The van der Waals surface area contributed by atoms with Gasteiger partial charge in [-0.1, -0.05) is 43.7 Å². The number of esters is 1. The molecule has 41 heavy (non-hydrogen) atoms. The van der Waals surface area contributed by atoms with Crippen LogP contribution in [-0.4, -0.2) is 83.0 Å². The number of ether oxygens (including phenoxy) is 1. The zero-order valence-electron chi connectivity index (χ0n) is 25.1. The summed E-state index contributed by atoms with van der Waals surface area (Å²) in [4.78, 5) is 45.9. The van der Waals surface area contributed by atoms with E-state index >= 15 is 0 Å². The molecule has 8 nitrogen and oxygen atoms in total. The Morgan fingerprint density at radius 1 is 0.927 bits per heavy atom. The molecule has 6 rings (SSSR count). The van der Waals surface area contributed by atoms with Gasteiger partial charge >= 0.3 is 12.0 Å². The molecular formula is C32H46N4O4S. The summed E-state index contributed by atoms with van der Waals surface area (Å²) in [5.41, 5.74) is 0.496. The van der Waals surface area contributed by atoms with Gasteiger partial charge in [0.05, 0.1) is 5.41 Å². The molecule has 5 fully saturated rings. The third kappa shape index (κ3) is 4.75. The molecule has 4 aliphatic heterocycles. The van der Waals surface area contributed by atoms with Crippen LogP contribution in [0.2, 0.25) is 0 Å². The van der Waals surface area contributed by atoms with E-state index in [1.165, 1.54) is 11.1 Å². The number of nitrogens with zero attached hydrogens (tertiary/aromatic N) is 3. The first kappa shape index (κ1) is 28.8. The Morgan fingerprint density at radius 2 is 1.54 bits per heavy atom. The second-order valence-corrected chi connectivity index (χ2v) is 14.8. The molecule has 3 unspecified atom stereocenters. The van der Waals surface area contributed by atoms with E-state index in [9.17, 15) is 14.4 Å². The summed E-state index contributed by atoms with van der Waals surface area (Å²) >= 11 is 1.79. The van der Waals surface area contributed by atoms with Gasteiger partial charge in [-0.3, -0.25) is 19.8 Å². The zero-order chi connectivity index (χ0) is 29.0. The molecule has 2 bridgehead atoms. The third-order valence-corrected chi connectivity index (χ3v) is 12.7. The molecule has 4 saturated heterocycles. The number of aryl methyl sites for hydroxylation is 1. The van der Waals surface area contributed by atoms with Crippen molar-refractivity contribution in [2.24, 2.45) is 22.7 Å². The fourth-order valence-corrected chi connectivity index (χ4v) is 9.19. The smallest absolute Gasteiger partial charge is 0.321 e. The quantitative estimate of drug-likeness (QED) is 0.511. The Bertz CT molecular complexity index is 1170. The summed E-state index contributed by atoms with van der Waals surface area (Å²) in [7, 11) is 0. The van der Waals surface area contributed by atoms with Crippen LogP contribution in [-0.2, 0) is 20.1 Å². The summed E-state index contributed by atoms with van der Waals surface area (Å²) < 4.78 is 5.87. The van der Waals surface area contributed by atoms with Crippen molar-refractivity contribution < 1.29 is 19.1 Å². The molecule has 4 heterocycles. The predicted octanol–water partition coefficient (Wildman–Crippen LogP) is 4.61. The van der Waals surface area contributed by atoms with Gasteiger partial charge in [-0.25, -0.2) is 4.79 Å². The van der Waals surface area contributed by atoms with Crippen LogP contribution in [0.1, 0.15) is 70.4 Å². The van der Waals surface area contributed by atoms with Gasteiger partial charge in [-0.2, -0.15) is 0 Å². The summed E-state index contributed by atoms with van der Waals surface area (Å²) in [6.07, 6.45) is 5.38. The first-order chi connectivity index (χ1) is 19.6. The molecule has 3 atom stereocenters. The van der Waals surface area contributed by atoms with E-state index in [0.717, 1.165) is 77.1 Å². The van der Waals surface area contributed by atoms with Crippen molar-refractivity contribution >= 4 is 29.7 Å². The maximum atomic E-state index is 13.8. The van der Waals surface area contributed by atoms with E-state index in [1.54, 1.807) is 11.8 Å². The molecule has 1 N–H and O–H groups in total. The average molecular weight is 583 g/mol. The standard InChI is InChI=1S/C32H46N4O4S/c1-22-5-7-23(8-6-22)21-41-28-33-15-20-36(28)29(39)35-18-11-25(12-19-35)24-9-16-34(17-10-24)26(37)32-14-13-31(4,27(38)40-32)30(32,2)3/h5-8,24-25,28,33H,9-21H2,1-4H3. The van der Waals surface area contributed by atoms with Crippen LogP contribution in [0.25, 0.3) is 0 Å². The number of hydrogen-bond acceptors (Lipinski definition) is 6. The predicted molar refractivity (Wildman–Crippen MR) is 160 cm³/mol. The van der Waals surface area contributed by atoms with Crippen LogP contribution < -0.4 is 5.32 Å². The van der Waals surface area contributed by atoms with Crippen LogP contribution in [0, 0.1) is 29.6 Å². The maximum Gasteiger partial charge on any atom is 0.321 e. The Kier molecular flexibility index (Phi) is 7.58. The number of amides is 3. The van der Waals surface area contributed by atoms with Crippen LogP contribution in [0.5, 0.6) is 0 Å². The molecular weight excluding hydrogens is 536 g/mol. The lowest BCUT2D eigenvalue weighted by atomic mass is 9.66. The third-order valence-electron chi connectivity index (χ3n) is 11.5. The van der Waals surface area contributed by atoms with Gasteiger partial charge in [0.25, 0.3) is 5.91 Å². The van der Waals surface area contributed by atoms with Gasteiger partial charge in [-0.05, 0) is 69.8 Å². The van der Waals surface area contributed by atoms with Crippen LogP contribution in [0.15, 0.2) is 24.3 Å². The molecule has 1 aliphatic carbocycles. The van der Waals surface area contributed by atoms with Crippen molar-refractivity contribution in [3.63, 3.8) is 0 Å². The summed E-state index contributed by atoms with van der Waals surface area (Å²) in [5.74, 6) is 1.86. The average Bonchev–Trinajstić information content (AvgIpc) is 3.58. The largest absolute Gasteiger partial charge is 0.448 e. The lowest BCUT2D eigenvalue weighted by Gasteiger charge is -2.44. The number of benzene rings is 1. The highest BCUT2D eigenvalue weighted by Crippen LogP contribution is 2.66. The molecule has 0 aromatic heterocycles. The zero-order valence-corrected chi connectivity index (χ0v) is 25.9. The number of urea groups is 1. The number of fused-ring (bicyclic) bond motifs is 2. The summed E-state index contributed by atoms with van der Waals surface area (Å²) in [6, 6.07) is 8.78. The minimum absolute atomic E-state index is 0.0183. The Balaban J connectivity index is 0.978. The van der Waals surface area contributed by atoms with Gasteiger partial charge in [0, 0.05) is 50.4 Å². The van der Waals surface area contributed by atoms with E-state index in [0.29, 0.717) is 18.3 Å². The van der Waals surface area contributed by atoms with E-state index < -0.39 is 16.4 Å². The van der Waals surface area contributed by atoms with E-state index in [-0.39, 0.29) is 23.4 Å². The summed E-state index contributed by atoms with van der Waals surface area (Å²) in [5, 5.41) is 3.50. The Hall–Kier alpha value is -2.26. The monoisotopic (exact) mass is 582 g/mol. The highest BCUT2D eigenvalue weighted by Gasteiger charge is 2.76. The van der Waals surface area contributed by atoms with E-state index in [4.69, 9.17) is 4.74 Å². The minimum Gasteiger partial charge on any atom is -0.448 e. The highest BCUT2D eigenvalue weighted by molar-refractivity contribution is 7.99. The number of carbonyl (C=O) groups excluding carboxylic acids is 3. The highest BCUT2D eigenvalue weighted by atomic mass is 32.2. The number of rotatable bonds is 5. The minimum atomic E-state index is -1.00. The number of thioether (sulfide) groups is 1. The van der Waals surface area contributed by atoms with Crippen LogP contribution >= 0.6 is 11.8 Å². The van der Waals surface area contributed by atoms with Crippen LogP contribution in [0.4, 0.5) is 4.79 Å². The van der Waals surface area contributed by atoms with E-state index in [1.807, 2.05) is 35.5 Å². The topological polar surface area (TPSA) is 82.2 Å². The van der Waals surface area contributed by atoms with Crippen molar-refractivity contribution in [3.05, 3.63) is 35.4 Å². The van der Waals surface area contributed by atoms with Crippen molar-refractivity contribution in [1.82, 2.24) is 20.0 Å². The second-order valence-electron chi connectivity index (χ2n) is 13.7. The molecule has 9 heteroatoms. The van der Waals surface area contributed by atoms with E-state index in [2.05, 4.69) is 36.5 Å². The maximum absolute atomic E-state index is 13.8. The molecule has 3 amide bonds. The van der Waals surface area contributed by atoms with Gasteiger partial charge in [0.2, 0.25) is 0 Å². The van der Waals surface area contributed by atoms with Crippen molar-refractivity contribution in [2.75, 3.05) is 39.3 Å². The molecule has 0 spiro atoms. The molecule has 1 aromatic rings. The van der Waals surface area contributed by atoms with Crippen molar-refractivity contribution in [2.45, 2.75) is 83.1 Å². The number of carbonyl (C=O) groups is 3.